The second-order valence-corrected chi connectivity index (χ2v) is 6.06. The zero-order chi connectivity index (χ0) is 16.0. The number of ether oxygens (including phenoxy) is 1. The smallest absolute Gasteiger partial charge is 0.328 e. The first kappa shape index (κ1) is 17.2. The van der Waals surface area contributed by atoms with Gasteiger partial charge in [-0.15, -0.1) is 0 Å². The van der Waals surface area contributed by atoms with Crippen LogP contribution in [0.4, 0.5) is 0 Å². The standard InChI is InChI=1S/C15H25N3O3/c1-9(2)6-11-8-12(18-17-11)14(19)16-13(7-10(3)4)15(20)21-5/h8-10,13H,6-7H2,1-5H3,(H,16,19)(H,17,18). The van der Waals surface area contributed by atoms with Crippen LogP contribution in [0.3, 0.4) is 0 Å². The predicted octanol–water partition coefficient (Wildman–Crippen LogP) is 1.93. The molecule has 118 valence electrons. The molecule has 0 aliphatic carbocycles. The van der Waals surface area contributed by atoms with Crippen molar-refractivity contribution in [2.45, 2.75) is 46.6 Å². The Morgan fingerprint density at radius 3 is 2.48 bits per heavy atom. The highest BCUT2D eigenvalue weighted by atomic mass is 16.5. The number of nitrogens with one attached hydrogen (secondary N) is 2. The van der Waals surface area contributed by atoms with Crippen LogP contribution in [0.15, 0.2) is 6.07 Å². The van der Waals surface area contributed by atoms with Gasteiger partial charge >= 0.3 is 5.97 Å². The number of aromatic amines is 1. The summed E-state index contributed by atoms with van der Waals surface area (Å²) in [5.74, 6) is -0.0532. The summed E-state index contributed by atoms with van der Waals surface area (Å²) in [6, 6.07) is 1.08. The highest BCUT2D eigenvalue weighted by molar-refractivity contribution is 5.95. The Bertz CT molecular complexity index is 480. The Morgan fingerprint density at radius 2 is 1.95 bits per heavy atom. The van der Waals surface area contributed by atoms with E-state index in [-0.39, 0.29) is 11.8 Å². The number of methoxy groups -OCH3 is 1. The third-order valence-corrected chi connectivity index (χ3v) is 2.99. The number of hydrogen-bond acceptors (Lipinski definition) is 4. The van der Waals surface area contributed by atoms with Crippen LogP contribution in [0.5, 0.6) is 0 Å². The Balaban J connectivity index is 2.72. The van der Waals surface area contributed by atoms with Crippen LogP contribution in [0.2, 0.25) is 0 Å². The van der Waals surface area contributed by atoms with Gasteiger partial charge in [0.1, 0.15) is 11.7 Å². The molecule has 0 fully saturated rings. The van der Waals surface area contributed by atoms with Crippen molar-refractivity contribution in [2.75, 3.05) is 7.11 Å². The molecule has 2 N–H and O–H groups in total. The van der Waals surface area contributed by atoms with Crippen molar-refractivity contribution in [3.8, 4) is 0 Å². The van der Waals surface area contributed by atoms with Crippen LogP contribution >= 0.6 is 0 Å². The van der Waals surface area contributed by atoms with Gasteiger partial charge in [0, 0.05) is 5.69 Å². The minimum atomic E-state index is -0.646. The minimum Gasteiger partial charge on any atom is -0.467 e. The van der Waals surface area contributed by atoms with E-state index < -0.39 is 12.0 Å². The number of carbonyl (C=O) groups is 2. The molecule has 1 aromatic rings. The van der Waals surface area contributed by atoms with E-state index in [0.717, 1.165) is 12.1 Å². The Hall–Kier alpha value is -1.85. The summed E-state index contributed by atoms with van der Waals surface area (Å²) in [5, 5.41) is 9.53. The highest BCUT2D eigenvalue weighted by Gasteiger charge is 2.24. The highest BCUT2D eigenvalue weighted by Crippen LogP contribution is 2.09. The van der Waals surface area contributed by atoms with Gasteiger partial charge in [-0.2, -0.15) is 5.10 Å². The van der Waals surface area contributed by atoms with E-state index in [1.807, 2.05) is 13.8 Å². The average molecular weight is 295 g/mol. The van der Waals surface area contributed by atoms with Crippen molar-refractivity contribution in [1.82, 2.24) is 15.5 Å². The monoisotopic (exact) mass is 295 g/mol. The first-order chi connectivity index (χ1) is 9.83. The number of H-pyrrole nitrogens is 1. The molecule has 6 heteroatoms. The van der Waals surface area contributed by atoms with Crippen molar-refractivity contribution in [2.24, 2.45) is 11.8 Å². The largest absolute Gasteiger partial charge is 0.467 e. The van der Waals surface area contributed by atoms with Crippen LogP contribution in [-0.4, -0.2) is 35.2 Å². The normalized spacial score (nSPS) is 12.5. The molecule has 0 saturated heterocycles. The van der Waals surface area contributed by atoms with Crippen LogP contribution in [0.1, 0.15) is 50.3 Å². The lowest BCUT2D eigenvalue weighted by molar-refractivity contribution is -0.143. The van der Waals surface area contributed by atoms with Gasteiger partial charge in [0.05, 0.1) is 7.11 Å². The Kier molecular flexibility index (Phi) is 6.39. The van der Waals surface area contributed by atoms with Crippen LogP contribution in [0, 0.1) is 11.8 Å². The van der Waals surface area contributed by atoms with Gasteiger partial charge in [-0.3, -0.25) is 9.89 Å². The molecule has 1 rings (SSSR count). The van der Waals surface area contributed by atoms with Crippen molar-refractivity contribution in [1.29, 1.82) is 0 Å². The molecule has 6 nitrogen and oxygen atoms in total. The Labute approximate surface area is 125 Å². The summed E-state index contributed by atoms with van der Waals surface area (Å²) < 4.78 is 4.73. The van der Waals surface area contributed by atoms with Gasteiger partial charge in [0.15, 0.2) is 0 Å². The maximum absolute atomic E-state index is 12.2. The molecule has 0 radical (unpaired) electrons. The number of amides is 1. The third-order valence-electron chi connectivity index (χ3n) is 2.99. The quantitative estimate of drug-likeness (QED) is 0.753. The number of hydrogen-bond donors (Lipinski definition) is 2. The van der Waals surface area contributed by atoms with Gasteiger partial charge in [-0.25, -0.2) is 4.79 Å². The van der Waals surface area contributed by atoms with Crippen molar-refractivity contribution in [3.05, 3.63) is 17.5 Å². The third kappa shape index (κ3) is 5.57. The van der Waals surface area contributed by atoms with E-state index in [4.69, 9.17) is 4.74 Å². The topological polar surface area (TPSA) is 84.1 Å². The van der Waals surface area contributed by atoms with Gasteiger partial charge in [-0.05, 0) is 30.7 Å². The predicted molar refractivity (Wildman–Crippen MR) is 79.9 cm³/mol. The van der Waals surface area contributed by atoms with E-state index in [9.17, 15) is 9.59 Å². The first-order valence-electron chi connectivity index (χ1n) is 7.26. The lowest BCUT2D eigenvalue weighted by Gasteiger charge is -2.17. The fraction of sp³-hybridized carbons (Fsp3) is 0.667. The first-order valence-corrected chi connectivity index (χ1v) is 7.26. The summed E-state index contributed by atoms with van der Waals surface area (Å²) >= 11 is 0. The molecule has 1 unspecified atom stereocenters. The molecule has 0 aliphatic rings. The number of carbonyl (C=O) groups excluding carboxylic acids is 2. The zero-order valence-corrected chi connectivity index (χ0v) is 13.4. The molecule has 0 bridgehead atoms. The van der Waals surface area contributed by atoms with E-state index in [0.29, 0.717) is 18.0 Å². The Morgan fingerprint density at radius 1 is 1.29 bits per heavy atom. The summed E-state index contributed by atoms with van der Waals surface area (Å²) in [4.78, 5) is 23.9. The average Bonchev–Trinajstić information content (AvgIpc) is 2.84. The van der Waals surface area contributed by atoms with Crippen molar-refractivity contribution >= 4 is 11.9 Å². The lowest BCUT2D eigenvalue weighted by Crippen LogP contribution is -2.42. The maximum Gasteiger partial charge on any atom is 0.328 e. The van der Waals surface area contributed by atoms with Crippen LogP contribution < -0.4 is 5.32 Å². The summed E-state index contributed by atoms with van der Waals surface area (Å²) in [6.07, 6.45) is 1.36. The SMILES string of the molecule is COC(=O)C(CC(C)C)NC(=O)c1cc(CC(C)C)[nH]n1. The molecule has 21 heavy (non-hydrogen) atoms. The molecule has 0 aromatic carbocycles. The molecule has 1 heterocycles. The number of rotatable bonds is 7. The fourth-order valence-electron chi connectivity index (χ4n) is 2.08. The van der Waals surface area contributed by atoms with E-state index in [2.05, 4.69) is 29.4 Å². The molecular weight excluding hydrogens is 270 g/mol. The van der Waals surface area contributed by atoms with Crippen LogP contribution in [0.25, 0.3) is 0 Å². The molecule has 1 atom stereocenters. The number of aromatic nitrogens is 2. The summed E-state index contributed by atoms with van der Waals surface area (Å²) in [6.45, 7) is 8.15. The molecule has 0 saturated carbocycles. The van der Waals surface area contributed by atoms with Gasteiger partial charge in [0.25, 0.3) is 5.91 Å². The van der Waals surface area contributed by atoms with Crippen molar-refractivity contribution in [3.63, 3.8) is 0 Å². The van der Waals surface area contributed by atoms with E-state index in [1.165, 1.54) is 7.11 Å². The van der Waals surface area contributed by atoms with Gasteiger partial charge < -0.3 is 10.1 Å². The molecular formula is C15H25N3O3. The number of esters is 1. The number of nitrogens with zero attached hydrogens (tertiary/aromatic N) is 1. The molecule has 0 spiro atoms. The second kappa shape index (κ2) is 7.81. The molecule has 1 amide bonds. The van der Waals surface area contributed by atoms with Gasteiger partial charge in [-0.1, -0.05) is 27.7 Å². The summed E-state index contributed by atoms with van der Waals surface area (Å²) in [7, 11) is 1.32. The maximum atomic E-state index is 12.2. The van der Waals surface area contributed by atoms with Crippen molar-refractivity contribution < 1.29 is 14.3 Å². The van der Waals surface area contributed by atoms with E-state index >= 15 is 0 Å². The van der Waals surface area contributed by atoms with E-state index in [1.54, 1.807) is 6.07 Å². The van der Waals surface area contributed by atoms with Crippen LogP contribution in [-0.2, 0) is 16.0 Å². The minimum absolute atomic E-state index is 0.269. The molecule has 0 aliphatic heterocycles. The zero-order valence-electron chi connectivity index (χ0n) is 13.4. The molecule has 1 aromatic heterocycles. The second-order valence-electron chi connectivity index (χ2n) is 6.06. The fourth-order valence-corrected chi connectivity index (χ4v) is 2.08. The lowest BCUT2D eigenvalue weighted by atomic mass is 10.0. The van der Waals surface area contributed by atoms with Gasteiger partial charge in [0.2, 0.25) is 0 Å². The summed E-state index contributed by atoms with van der Waals surface area (Å²) in [5.41, 5.74) is 1.21.